The second-order valence-electron chi connectivity index (χ2n) is 6.91. The van der Waals surface area contributed by atoms with Crippen molar-refractivity contribution in [1.82, 2.24) is 5.32 Å². The van der Waals surface area contributed by atoms with Gasteiger partial charge in [0.1, 0.15) is 11.5 Å². The van der Waals surface area contributed by atoms with Gasteiger partial charge >= 0.3 is 15.6 Å². The lowest BCUT2D eigenvalue weighted by Gasteiger charge is -2.10. The molecule has 0 spiro atoms. The number of methoxy groups -OCH3 is 1. The summed E-state index contributed by atoms with van der Waals surface area (Å²) >= 11 is 1.44. The monoisotopic (exact) mass is 487 g/mol. The number of alkyl halides is 3. The first-order chi connectivity index (χ1) is 15.0. The number of nitrogens with one attached hydrogen (secondary N) is 1. The second kappa shape index (κ2) is 9.37. The number of fused-ring (bicyclic) bond motifs is 1. The summed E-state index contributed by atoms with van der Waals surface area (Å²) in [5, 5.41) is 3.28. The van der Waals surface area contributed by atoms with Gasteiger partial charge < -0.3 is 14.2 Å². The molecule has 0 radical (unpaired) electrons. The van der Waals surface area contributed by atoms with E-state index in [1.54, 1.807) is 7.11 Å². The Balaban J connectivity index is 2.01. The van der Waals surface area contributed by atoms with Gasteiger partial charge in [-0.1, -0.05) is 12.1 Å². The number of hydrogen-bond acceptors (Lipinski definition) is 6. The van der Waals surface area contributed by atoms with Gasteiger partial charge in [0.25, 0.3) is 0 Å². The van der Waals surface area contributed by atoms with E-state index in [1.807, 2.05) is 24.3 Å². The SMILES string of the molecule is COc1cccc(Cc2sc3ccc(OS(=O)(=O)C(F)(F)F)cc3c2CCNC(C)=O)c1. The summed E-state index contributed by atoms with van der Waals surface area (Å²) in [5.41, 5.74) is -3.76. The molecule has 0 saturated heterocycles. The number of carbonyl (C=O) groups excluding carboxylic acids is 1. The number of amides is 1. The Kier molecular flexibility index (Phi) is 6.99. The van der Waals surface area contributed by atoms with E-state index in [-0.39, 0.29) is 5.91 Å². The van der Waals surface area contributed by atoms with Crippen molar-refractivity contribution < 1.29 is 35.3 Å². The molecule has 0 unspecified atom stereocenters. The van der Waals surface area contributed by atoms with Crippen LogP contribution in [0, 0.1) is 0 Å². The molecule has 0 fully saturated rings. The summed E-state index contributed by atoms with van der Waals surface area (Å²) in [6, 6.07) is 11.5. The molecule has 0 aliphatic rings. The first-order valence-corrected chi connectivity index (χ1v) is 11.6. The molecular formula is C21H20F3NO5S2. The largest absolute Gasteiger partial charge is 0.534 e. The number of hydrogen-bond donors (Lipinski definition) is 1. The molecule has 11 heteroatoms. The molecule has 0 saturated carbocycles. The summed E-state index contributed by atoms with van der Waals surface area (Å²) in [7, 11) is -4.21. The predicted molar refractivity (Wildman–Crippen MR) is 116 cm³/mol. The maximum Gasteiger partial charge on any atom is 0.534 e. The van der Waals surface area contributed by atoms with Crippen molar-refractivity contribution in [2.75, 3.05) is 13.7 Å². The smallest absolute Gasteiger partial charge is 0.497 e. The van der Waals surface area contributed by atoms with Crippen LogP contribution in [0.25, 0.3) is 10.1 Å². The lowest BCUT2D eigenvalue weighted by molar-refractivity contribution is -0.118. The van der Waals surface area contributed by atoms with Crippen LogP contribution in [0.2, 0.25) is 0 Å². The summed E-state index contributed by atoms with van der Waals surface area (Å²) in [6.45, 7) is 1.70. The number of ether oxygens (including phenoxy) is 1. The van der Waals surface area contributed by atoms with E-state index < -0.39 is 21.4 Å². The van der Waals surface area contributed by atoms with Gasteiger partial charge in [-0.05, 0) is 53.3 Å². The summed E-state index contributed by atoms with van der Waals surface area (Å²) in [5.74, 6) is 0.0527. The van der Waals surface area contributed by atoms with Crippen molar-refractivity contribution in [2.45, 2.75) is 25.3 Å². The van der Waals surface area contributed by atoms with E-state index in [9.17, 15) is 26.4 Å². The molecule has 172 valence electrons. The normalized spacial score (nSPS) is 12.0. The molecular weight excluding hydrogens is 467 g/mol. The third-order valence-corrected chi connectivity index (χ3v) is 6.77. The van der Waals surface area contributed by atoms with Crippen LogP contribution in [0.3, 0.4) is 0 Å². The fourth-order valence-corrected chi connectivity index (χ4v) is 4.87. The van der Waals surface area contributed by atoms with Crippen LogP contribution in [-0.4, -0.2) is 33.5 Å². The number of rotatable bonds is 8. The minimum Gasteiger partial charge on any atom is -0.497 e. The van der Waals surface area contributed by atoms with Gasteiger partial charge in [-0.2, -0.15) is 21.6 Å². The lowest BCUT2D eigenvalue weighted by atomic mass is 10.0. The average Bonchev–Trinajstić information content (AvgIpc) is 3.03. The Bertz CT molecular complexity index is 1240. The van der Waals surface area contributed by atoms with E-state index in [4.69, 9.17) is 4.74 Å². The third kappa shape index (κ3) is 5.52. The van der Waals surface area contributed by atoms with Crippen LogP contribution in [-0.2, 0) is 27.8 Å². The van der Waals surface area contributed by atoms with Crippen LogP contribution in [0.4, 0.5) is 13.2 Å². The fraction of sp³-hybridized carbons (Fsp3) is 0.286. The van der Waals surface area contributed by atoms with Crippen LogP contribution in [0.15, 0.2) is 42.5 Å². The van der Waals surface area contributed by atoms with E-state index >= 15 is 0 Å². The molecule has 0 aliphatic carbocycles. The van der Waals surface area contributed by atoms with Gasteiger partial charge in [-0.25, -0.2) is 0 Å². The van der Waals surface area contributed by atoms with Crippen molar-refractivity contribution in [3.05, 3.63) is 58.5 Å². The highest BCUT2D eigenvalue weighted by Gasteiger charge is 2.48. The van der Waals surface area contributed by atoms with Crippen LogP contribution < -0.4 is 14.2 Å². The zero-order valence-electron chi connectivity index (χ0n) is 17.2. The molecule has 2 aromatic carbocycles. The van der Waals surface area contributed by atoms with Gasteiger partial charge in [0, 0.05) is 29.5 Å². The Hall–Kier alpha value is -2.79. The highest BCUT2D eigenvalue weighted by Crippen LogP contribution is 2.37. The molecule has 3 aromatic rings. The number of halogens is 3. The minimum atomic E-state index is -5.78. The number of benzene rings is 2. The first-order valence-electron chi connectivity index (χ1n) is 9.42. The van der Waals surface area contributed by atoms with Crippen molar-refractivity contribution in [3.8, 4) is 11.5 Å². The van der Waals surface area contributed by atoms with Gasteiger partial charge in [-0.15, -0.1) is 11.3 Å². The Morgan fingerprint density at radius 1 is 1.12 bits per heavy atom. The highest BCUT2D eigenvalue weighted by molar-refractivity contribution is 7.88. The van der Waals surface area contributed by atoms with E-state index in [0.29, 0.717) is 30.5 Å². The van der Waals surface area contributed by atoms with Crippen molar-refractivity contribution in [2.24, 2.45) is 0 Å². The molecule has 1 N–H and O–H groups in total. The fourth-order valence-electron chi connectivity index (χ4n) is 3.15. The summed E-state index contributed by atoms with van der Waals surface area (Å²) in [4.78, 5) is 12.2. The molecule has 1 aromatic heterocycles. The van der Waals surface area contributed by atoms with Gasteiger partial charge in [0.05, 0.1) is 7.11 Å². The van der Waals surface area contributed by atoms with Gasteiger partial charge in [0.2, 0.25) is 5.91 Å². The van der Waals surface area contributed by atoms with E-state index in [1.165, 1.54) is 36.5 Å². The minimum absolute atomic E-state index is 0.209. The van der Waals surface area contributed by atoms with Crippen LogP contribution in [0.5, 0.6) is 11.5 Å². The zero-order valence-corrected chi connectivity index (χ0v) is 18.8. The predicted octanol–water partition coefficient (Wildman–Crippen LogP) is 4.41. The lowest BCUT2D eigenvalue weighted by Crippen LogP contribution is -2.28. The van der Waals surface area contributed by atoms with E-state index in [0.717, 1.165) is 20.7 Å². The molecule has 6 nitrogen and oxygen atoms in total. The number of carbonyl (C=O) groups is 1. The van der Waals surface area contributed by atoms with Crippen molar-refractivity contribution in [3.63, 3.8) is 0 Å². The highest BCUT2D eigenvalue weighted by atomic mass is 32.2. The summed E-state index contributed by atoms with van der Waals surface area (Å²) in [6.07, 6.45) is 0.942. The molecule has 0 aliphatic heterocycles. The van der Waals surface area contributed by atoms with Crippen molar-refractivity contribution >= 4 is 37.4 Å². The van der Waals surface area contributed by atoms with Gasteiger partial charge in [0.15, 0.2) is 0 Å². The van der Waals surface area contributed by atoms with Gasteiger partial charge in [-0.3, -0.25) is 4.79 Å². The topological polar surface area (TPSA) is 81.7 Å². The molecule has 1 heterocycles. The Morgan fingerprint density at radius 3 is 2.53 bits per heavy atom. The zero-order chi connectivity index (χ0) is 23.5. The quantitative estimate of drug-likeness (QED) is 0.376. The molecule has 3 rings (SSSR count). The second-order valence-corrected chi connectivity index (χ2v) is 9.58. The molecule has 32 heavy (non-hydrogen) atoms. The van der Waals surface area contributed by atoms with Crippen molar-refractivity contribution in [1.29, 1.82) is 0 Å². The Labute approximate surface area is 187 Å². The average molecular weight is 488 g/mol. The van der Waals surface area contributed by atoms with Crippen LogP contribution >= 0.6 is 11.3 Å². The Morgan fingerprint density at radius 2 is 1.88 bits per heavy atom. The maximum absolute atomic E-state index is 12.7. The molecule has 0 bridgehead atoms. The van der Waals surface area contributed by atoms with Crippen LogP contribution in [0.1, 0.15) is 22.9 Å². The van der Waals surface area contributed by atoms with E-state index in [2.05, 4.69) is 9.50 Å². The first kappa shape index (κ1) is 23.9. The maximum atomic E-state index is 12.7. The third-order valence-electron chi connectivity index (χ3n) is 4.58. The molecule has 0 atom stereocenters. The standard InChI is InChI=1S/C21H20F3NO5S2/c1-13(26)25-9-8-17-18-12-16(30-32(27,28)21(22,23)24)6-7-19(18)31-20(17)11-14-4-3-5-15(10-14)29-2/h3-7,10,12H,8-9,11H2,1-2H3,(H,25,26). The summed E-state index contributed by atoms with van der Waals surface area (Å²) < 4.78 is 71.2. The number of thiophene rings is 1. The molecule has 1 amide bonds.